The summed E-state index contributed by atoms with van der Waals surface area (Å²) in [7, 11) is 0. The summed E-state index contributed by atoms with van der Waals surface area (Å²) >= 11 is 0. The normalized spacial score (nSPS) is 12.9. The van der Waals surface area contributed by atoms with Gasteiger partial charge in [-0.3, -0.25) is 0 Å². The van der Waals surface area contributed by atoms with Crippen LogP contribution in [0.15, 0.2) is 0 Å². The second kappa shape index (κ2) is 7.25. The Morgan fingerprint density at radius 1 is 1.33 bits per heavy atom. The minimum atomic E-state index is -0.401. The minimum Gasteiger partial charge on any atom is -0.396 e. The first-order valence-corrected chi connectivity index (χ1v) is 4.45. The summed E-state index contributed by atoms with van der Waals surface area (Å²) in [5.74, 6) is 0.201. The molecule has 0 aliphatic carbocycles. The van der Waals surface area contributed by atoms with Crippen molar-refractivity contribution in [2.45, 2.75) is 45.1 Å². The third-order valence-electron chi connectivity index (χ3n) is 1.78. The van der Waals surface area contributed by atoms with Crippen molar-refractivity contribution in [1.29, 1.82) is 0 Å². The summed E-state index contributed by atoms with van der Waals surface area (Å²) in [5.41, 5.74) is 0. The smallest absolute Gasteiger partial charge is 0.129 e. The molecule has 0 bridgehead atoms. The van der Waals surface area contributed by atoms with Crippen LogP contribution in [-0.2, 0) is 4.79 Å². The molecule has 0 amide bonds. The zero-order valence-corrected chi connectivity index (χ0v) is 7.62. The van der Waals surface area contributed by atoms with Crippen molar-refractivity contribution in [2.24, 2.45) is 0 Å². The molecule has 0 aliphatic heterocycles. The number of aliphatic hydroxyl groups is 2. The number of Topliss-reactive ketones (excluding diaryl/α,β-unsaturated/α-hetero) is 1. The highest BCUT2D eigenvalue weighted by atomic mass is 16.3. The molecule has 3 nitrogen and oxygen atoms in total. The number of ketones is 1. The molecule has 0 rings (SSSR count). The van der Waals surface area contributed by atoms with Crippen molar-refractivity contribution < 1.29 is 15.0 Å². The zero-order valence-electron chi connectivity index (χ0n) is 7.62. The molecule has 0 aromatic carbocycles. The lowest BCUT2D eigenvalue weighted by molar-refractivity contribution is -0.117. The maximum atomic E-state index is 10.5. The summed E-state index contributed by atoms with van der Waals surface area (Å²) in [6, 6.07) is 0. The van der Waals surface area contributed by atoms with Crippen LogP contribution in [0.25, 0.3) is 0 Å². The molecule has 2 N–H and O–H groups in total. The maximum Gasteiger partial charge on any atom is 0.129 e. The summed E-state index contributed by atoms with van der Waals surface area (Å²) < 4.78 is 0. The molecule has 0 saturated carbocycles. The Morgan fingerprint density at radius 3 is 2.50 bits per heavy atom. The number of hydrogen-bond acceptors (Lipinski definition) is 3. The van der Waals surface area contributed by atoms with E-state index in [9.17, 15) is 4.79 Å². The molecule has 1 atom stereocenters. The Labute approximate surface area is 73.4 Å². The molecular weight excluding hydrogens is 156 g/mol. The minimum absolute atomic E-state index is 0.0356. The zero-order chi connectivity index (χ0) is 9.40. The largest absolute Gasteiger partial charge is 0.396 e. The first-order chi connectivity index (χ1) is 5.66. The molecule has 0 spiro atoms. The SMILES string of the molecule is CC(=O)CCCC[C@H](O)CCO. The first-order valence-electron chi connectivity index (χ1n) is 4.45. The highest BCUT2D eigenvalue weighted by Gasteiger charge is 2.02. The van der Waals surface area contributed by atoms with Gasteiger partial charge in [0.05, 0.1) is 6.10 Å². The number of unbranched alkanes of at least 4 members (excludes halogenated alkanes) is 1. The van der Waals surface area contributed by atoms with Gasteiger partial charge in [0.15, 0.2) is 0 Å². The number of rotatable bonds is 7. The Bertz CT molecular complexity index is 123. The first kappa shape index (κ1) is 11.6. The van der Waals surface area contributed by atoms with Crippen LogP contribution >= 0.6 is 0 Å². The van der Waals surface area contributed by atoms with Gasteiger partial charge in [-0.15, -0.1) is 0 Å². The third kappa shape index (κ3) is 7.69. The topological polar surface area (TPSA) is 57.5 Å². The molecule has 0 heterocycles. The van der Waals surface area contributed by atoms with E-state index in [4.69, 9.17) is 10.2 Å². The number of carbonyl (C=O) groups excluding carboxylic acids is 1. The standard InChI is InChI=1S/C9H18O3/c1-8(11)4-2-3-5-9(12)6-7-10/h9-10,12H,2-7H2,1H3/t9-/m0/s1. The van der Waals surface area contributed by atoms with Gasteiger partial charge in [0.1, 0.15) is 5.78 Å². The van der Waals surface area contributed by atoms with E-state index in [1.165, 1.54) is 0 Å². The van der Waals surface area contributed by atoms with Crippen LogP contribution in [0.3, 0.4) is 0 Å². The number of carbonyl (C=O) groups is 1. The Kier molecular flexibility index (Phi) is 7.00. The van der Waals surface area contributed by atoms with Crippen LogP contribution in [0, 0.1) is 0 Å². The van der Waals surface area contributed by atoms with E-state index in [0.29, 0.717) is 19.3 Å². The summed E-state index contributed by atoms with van der Waals surface area (Å²) in [6.07, 6.45) is 3.04. The summed E-state index contributed by atoms with van der Waals surface area (Å²) in [6.45, 7) is 1.61. The van der Waals surface area contributed by atoms with Gasteiger partial charge >= 0.3 is 0 Å². The molecule has 12 heavy (non-hydrogen) atoms. The predicted molar refractivity (Wildman–Crippen MR) is 46.9 cm³/mol. The second-order valence-electron chi connectivity index (χ2n) is 3.11. The number of aliphatic hydroxyl groups excluding tert-OH is 2. The van der Waals surface area contributed by atoms with E-state index in [-0.39, 0.29) is 12.4 Å². The van der Waals surface area contributed by atoms with Crippen molar-refractivity contribution >= 4 is 5.78 Å². The van der Waals surface area contributed by atoms with E-state index in [2.05, 4.69) is 0 Å². The quantitative estimate of drug-likeness (QED) is 0.563. The van der Waals surface area contributed by atoms with Gasteiger partial charge in [-0.1, -0.05) is 6.42 Å². The average Bonchev–Trinajstić information content (AvgIpc) is 1.98. The second-order valence-corrected chi connectivity index (χ2v) is 3.11. The molecular formula is C9H18O3. The van der Waals surface area contributed by atoms with Crippen molar-refractivity contribution in [2.75, 3.05) is 6.61 Å². The Hall–Kier alpha value is -0.410. The molecule has 0 radical (unpaired) electrons. The highest BCUT2D eigenvalue weighted by molar-refractivity contribution is 5.75. The molecule has 0 unspecified atom stereocenters. The van der Waals surface area contributed by atoms with Gasteiger partial charge in [-0.2, -0.15) is 0 Å². The highest BCUT2D eigenvalue weighted by Crippen LogP contribution is 2.06. The third-order valence-corrected chi connectivity index (χ3v) is 1.78. The van der Waals surface area contributed by atoms with Crippen molar-refractivity contribution in [3.63, 3.8) is 0 Å². The lowest BCUT2D eigenvalue weighted by atomic mass is 10.1. The summed E-state index contributed by atoms with van der Waals surface area (Å²) in [4.78, 5) is 10.5. The maximum absolute atomic E-state index is 10.5. The van der Waals surface area contributed by atoms with Crippen LogP contribution in [0.2, 0.25) is 0 Å². The van der Waals surface area contributed by atoms with Crippen LogP contribution < -0.4 is 0 Å². The van der Waals surface area contributed by atoms with Crippen LogP contribution in [0.4, 0.5) is 0 Å². The molecule has 0 saturated heterocycles. The van der Waals surface area contributed by atoms with Gasteiger partial charge in [0.2, 0.25) is 0 Å². The predicted octanol–water partition coefficient (Wildman–Crippen LogP) is 0.879. The lowest BCUT2D eigenvalue weighted by Crippen LogP contribution is -2.08. The fourth-order valence-electron chi connectivity index (χ4n) is 1.05. The van der Waals surface area contributed by atoms with E-state index in [1.807, 2.05) is 0 Å². The number of hydrogen-bond donors (Lipinski definition) is 2. The van der Waals surface area contributed by atoms with Gasteiger partial charge in [0.25, 0.3) is 0 Å². The van der Waals surface area contributed by atoms with E-state index < -0.39 is 6.10 Å². The molecule has 3 heteroatoms. The molecule has 0 aromatic rings. The van der Waals surface area contributed by atoms with Gasteiger partial charge in [-0.25, -0.2) is 0 Å². The van der Waals surface area contributed by atoms with Crippen LogP contribution in [-0.4, -0.2) is 28.7 Å². The van der Waals surface area contributed by atoms with E-state index in [0.717, 1.165) is 12.8 Å². The van der Waals surface area contributed by atoms with Crippen molar-refractivity contribution in [3.05, 3.63) is 0 Å². The molecule has 0 aliphatic rings. The van der Waals surface area contributed by atoms with Crippen molar-refractivity contribution in [3.8, 4) is 0 Å². The van der Waals surface area contributed by atoms with Crippen LogP contribution in [0.5, 0.6) is 0 Å². The Balaban J connectivity index is 3.13. The van der Waals surface area contributed by atoms with E-state index >= 15 is 0 Å². The summed E-state index contributed by atoms with van der Waals surface area (Å²) in [5, 5.41) is 17.6. The monoisotopic (exact) mass is 174 g/mol. The van der Waals surface area contributed by atoms with Crippen molar-refractivity contribution in [1.82, 2.24) is 0 Å². The van der Waals surface area contributed by atoms with Gasteiger partial charge in [-0.05, 0) is 26.2 Å². The Morgan fingerprint density at radius 2 is 2.00 bits per heavy atom. The average molecular weight is 174 g/mol. The van der Waals surface area contributed by atoms with Crippen LogP contribution in [0.1, 0.15) is 39.0 Å². The molecule has 0 aromatic heterocycles. The van der Waals surface area contributed by atoms with E-state index in [1.54, 1.807) is 6.92 Å². The fraction of sp³-hybridized carbons (Fsp3) is 0.889. The fourth-order valence-corrected chi connectivity index (χ4v) is 1.05. The molecule has 72 valence electrons. The van der Waals surface area contributed by atoms with Gasteiger partial charge in [0, 0.05) is 13.0 Å². The molecule has 0 fully saturated rings. The van der Waals surface area contributed by atoms with Gasteiger partial charge < -0.3 is 15.0 Å². The lowest BCUT2D eigenvalue weighted by Gasteiger charge is -2.06.